The summed E-state index contributed by atoms with van der Waals surface area (Å²) in [5, 5.41) is 0. The molecule has 0 radical (unpaired) electrons. The van der Waals surface area contributed by atoms with Crippen LogP contribution in [0.5, 0.6) is 0 Å². The standard InChI is InChI=1S/C24H44O4/c1-19(2)14-11-9-7-6-8-10-12-17-27-22(25)20-15-13-16-21(18-20)23(26)28-24(3,4)5/h19-21H,6-18H2,1-5H3. The molecule has 1 fully saturated rings. The highest BCUT2D eigenvalue weighted by Gasteiger charge is 2.34. The van der Waals surface area contributed by atoms with Crippen LogP contribution < -0.4 is 0 Å². The zero-order valence-electron chi connectivity index (χ0n) is 19.1. The molecular formula is C24H44O4. The van der Waals surface area contributed by atoms with Crippen molar-refractivity contribution in [2.24, 2.45) is 17.8 Å². The van der Waals surface area contributed by atoms with Gasteiger partial charge in [-0.2, -0.15) is 0 Å². The number of carbonyl (C=O) groups excluding carboxylic acids is 2. The van der Waals surface area contributed by atoms with E-state index >= 15 is 0 Å². The van der Waals surface area contributed by atoms with Crippen LogP contribution in [0.1, 0.15) is 112 Å². The van der Waals surface area contributed by atoms with E-state index in [9.17, 15) is 9.59 Å². The highest BCUT2D eigenvalue weighted by Crippen LogP contribution is 2.31. The van der Waals surface area contributed by atoms with E-state index in [-0.39, 0.29) is 23.8 Å². The molecule has 0 aromatic heterocycles. The van der Waals surface area contributed by atoms with Crippen LogP contribution in [0.2, 0.25) is 0 Å². The van der Waals surface area contributed by atoms with Crippen molar-refractivity contribution in [3.63, 3.8) is 0 Å². The van der Waals surface area contributed by atoms with Gasteiger partial charge < -0.3 is 9.47 Å². The molecule has 0 heterocycles. The fourth-order valence-electron chi connectivity index (χ4n) is 3.83. The summed E-state index contributed by atoms with van der Waals surface area (Å²) >= 11 is 0. The SMILES string of the molecule is CC(C)CCCCCCCCCOC(=O)C1CCCC(C(=O)OC(C)(C)C)C1. The highest BCUT2D eigenvalue weighted by atomic mass is 16.6. The Morgan fingerprint density at radius 3 is 1.96 bits per heavy atom. The minimum Gasteiger partial charge on any atom is -0.465 e. The van der Waals surface area contributed by atoms with Gasteiger partial charge in [-0.1, -0.05) is 65.2 Å². The van der Waals surface area contributed by atoms with Crippen molar-refractivity contribution in [2.75, 3.05) is 6.61 Å². The summed E-state index contributed by atoms with van der Waals surface area (Å²) in [5.41, 5.74) is -0.473. The first-order chi connectivity index (χ1) is 13.2. The molecule has 2 atom stereocenters. The fourth-order valence-corrected chi connectivity index (χ4v) is 3.83. The molecule has 0 amide bonds. The quantitative estimate of drug-likeness (QED) is 0.281. The van der Waals surface area contributed by atoms with E-state index in [1.54, 1.807) is 0 Å². The summed E-state index contributed by atoms with van der Waals surface area (Å²) in [6.07, 6.45) is 13.0. The monoisotopic (exact) mass is 396 g/mol. The van der Waals surface area contributed by atoms with Crippen LogP contribution in [0.25, 0.3) is 0 Å². The zero-order valence-corrected chi connectivity index (χ0v) is 19.1. The van der Waals surface area contributed by atoms with Gasteiger partial charge in [0.2, 0.25) is 0 Å². The third-order valence-corrected chi connectivity index (χ3v) is 5.42. The van der Waals surface area contributed by atoms with Gasteiger partial charge in [0.1, 0.15) is 5.60 Å². The maximum atomic E-state index is 12.3. The van der Waals surface area contributed by atoms with Gasteiger partial charge in [-0.3, -0.25) is 9.59 Å². The average Bonchev–Trinajstić information content (AvgIpc) is 2.61. The molecule has 1 aliphatic carbocycles. The molecule has 0 bridgehead atoms. The first kappa shape index (κ1) is 25.0. The Balaban J connectivity index is 2.11. The van der Waals surface area contributed by atoms with Crippen molar-refractivity contribution < 1.29 is 19.1 Å². The Bertz CT molecular complexity index is 450. The molecular weight excluding hydrogens is 352 g/mol. The predicted octanol–water partition coefficient (Wildman–Crippen LogP) is 6.45. The topological polar surface area (TPSA) is 52.6 Å². The smallest absolute Gasteiger partial charge is 0.309 e. The summed E-state index contributed by atoms with van der Waals surface area (Å²) < 4.78 is 11.0. The van der Waals surface area contributed by atoms with Gasteiger partial charge in [-0.05, 0) is 52.4 Å². The first-order valence-corrected chi connectivity index (χ1v) is 11.6. The zero-order chi connectivity index (χ0) is 21.0. The lowest BCUT2D eigenvalue weighted by atomic mass is 9.81. The van der Waals surface area contributed by atoms with Crippen LogP contribution in [0.15, 0.2) is 0 Å². The second-order valence-corrected chi connectivity index (χ2v) is 9.92. The molecule has 28 heavy (non-hydrogen) atoms. The van der Waals surface area contributed by atoms with Crippen LogP contribution in [-0.4, -0.2) is 24.1 Å². The lowest BCUT2D eigenvalue weighted by Gasteiger charge is -2.29. The molecule has 164 valence electrons. The van der Waals surface area contributed by atoms with E-state index in [0.29, 0.717) is 13.0 Å². The van der Waals surface area contributed by atoms with Crippen LogP contribution in [0.3, 0.4) is 0 Å². The number of hydrogen-bond acceptors (Lipinski definition) is 4. The van der Waals surface area contributed by atoms with Gasteiger partial charge in [0.25, 0.3) is 0 Å². The average molecular weight is 397 g/mol. The van der Waals surface area contributed by atoms with Gasteiger partial charge in [0.05, 0.1) is 18.4 Å². The van der Waals surface area contributed by atoms with Crippen molar-refractivity contribution in [3.8, 4) is 0 Å². The van der Waals surface area contributed by atoms with Crippen LogP contribution in [0.4, 0.5) is 0 Å². The Hall–Kier alpha value is -1.06. The van der Waals surface area contributed by atoms with Crippen LogP contribution >= 0.6 is 0 Å². The number of rotatable bonds is 12. The number of carbonyl (C=O) groups is 2. The minimum absolute atomic E-state index is 0.123. The van der Waals surface area contributed by atoms with E-state index in [4.69, 9.17) is 9.47 Å². The van der Waals surface area contributed by atoms with E-state index in [2.05, 4.69) is 13.8 Å². The summed E-state index contributed by atoms with van der Waals surface area (Å²) in [6.45, 7) is 10.7. The lowest BCUT2D eigenvalue weighted by Crippen LogP contribution is -2.33. The molecule has 0 spiro atoms. The second kappa shape index (κ2) is 13.2. The van der Waals surface area contributed by atoms with Gasteiger partial charge in [0.15, 0.2) is 0 Å². The minimum atomic E-state index is -0.473. The Morgan fingerprint density at radius 2 is 1.39 bits per heavy atom. The third kappa shape index (κ3) is 11.7. The second-order valence-electron chi connectivity index (χ2n) is 9.92. The summed E-state index contributed by atoms with van der Waals surface area (Å²) in [6, 6.07) is 0. The maximum absolute atomic E-state index is 12.3. The number of esters is 2. The fraction of sp³-hybridized carbons (Fsp3) is 0.917. The van der Waals surface area contributed by atoms with Crippen molar-refractivity contribution in [1.29, 1.82) is 0 Å². The van der Waals surface area contributed by atoms with Gasteiger partial charge in [-0.15, -0.1) is 0 Å². The maximum Gasteiger partial charge on any atom is 0.309 e. The van der Waals surface area contributed by atoms with Crippen LogP contribution in [0, 0.1) is 17.8 Å². The van der Waals surface area contributed by atoms with Crippen LogP contribution in [-0.2, 0) is 19.1 Å². The largest absolute Gasteiger partial charge is 0.465 e. The molecule has 0 aromatic rings. The van der Waals surface area contributed by atoms with Gasteiger partial charge in [-0.25, -0.2) is 0 Å². The van der Waals surface area contributed by atoms with Gasteiger partial charge >= 0.3 is 11.9 Å². The Labute approximate surface area is 173 Å². The third-order valence-electron chi connectivity index (χ3n) is 5.42. The van der Waals surface area contributed by atoms with Crippen molar-refractivity contribution in [1.82, 2.24) is 0 Å². The molecule has 1 saturated carbocycles. The van der Waals surface area contributed by atoms with E-state index in [1.807, 2.05) is 20.8 Å². The lowest BCUT2D eigenvalue weighted by molar-refractivity contribution is -0.163. The molecule has 0 aromatic carbocycles. The molecule has 0 N–H and O–H groups in total. The number of hydrogen-bond donors (Lipinski definition) is 0. The summed E-state index contributed by atoms with van der Waals surface area (Å²) in [7, 11) is 0. The normalized spacial score (nSPS) is 20.2. The number of unbranched alkanes of at least 4 members (excludes halogenated alkanes) is 6. The first-order valence-electron chi connectivity index (χ1n) is 11.6. The van der Waals surface area contributed by atoms with Gasteiger partial charge in [0, 0.05) is 0 Å². The molecule has 0 aliphatic heterocycles. The van der Waals surface area contributed by atoms with Crippen molar-refractivity contribution in [2.45, 2.75) is 117 Å². The molecule has 1 aliphatic rings. The molecule has 4 nitrogen and oxygen atoms in total. The summed E-state index contributed by atoms with van der Waals surface area (Å²) in [5.74, 6) is 0.215. The number of ether oxygens (including phenoxy) is 2. The summed E-state index contributed by atoms with van der Waals surface area (Å²) in [4.78, 5) is 24.6. The van der Waals surface area contributed by atoms with Crippen molar-refractivity contribution >= 4 is 11.9 Å². The van der Waals surface area contributed by atoms with Crippen molar-refractivity contribution in [3.05, 3.63) is 0 Å². The highest BCUT2D eigenvalue weighted by molar-refractivity contribution is 5.76. The van der Waals surface area contributed by atoms with E-state index < -0.39 is 5.60 Å². The van der Waals surface area contributed by atoms with E-state index in [0.717, 1.165) is 38.0 Å². The predicted molar refractivity (Wildman–Crippen MR) is 114 cm³/mol. The molecule has 2 unspecified atom stereocenters. The Kier molecular flexibility index (Phi) is 11.8. The molecule has 1 rings (SSSR count). The van der Waals surface area contributed by atoms with E-state index in [1.165, 1.54) is 38.5 Å². The Morgan fingerprint density at radius 1 is 0.857 bits per heavy atom. The molecule has 4 heteroatoms. The molecule has 0 saturated heterocycles.